The average molecular weight is 740 g/mol. The number of rotatable bonds is 7. The number of carbonyl (C=O) groups is 2. The van der Waals surface area contributed by atoms with Gasteiger partial charge in [0.05, 0.1) is 20.0 Å². The lowest BCUT2D eigenvalue weighted by Crippen LogP contribution is -2.52. The lowest BCUT2D eigenvalue weighted by molar-refractivity contribution is -0.132. The molecule has 2 aliphatic heterocycles. The van der Waals surface area contributed by atoms with Crippen molar-refractivity contribution >= 4 is 60.5 Å². The molecule has 0 spiro atoms. The Balaban J connectivity index is 1.11. The molecule has 3 amide bonds. The van der Waals surface area contributed by atoms with E-state index < -0.39 is 6.04 Å². The molecule has 236 valence electrons. The zero-order chi connectivity index (χ0) is 31.5. The topological polar surface area (TPSA) is 114 Å². The summed E-state index contributed by atoms with van der Waals surface area (Å²) in [6.07, 6.45) is 1.89. The van der Waals surface area contributed by atoms with Crippen molar-refractivity contribution in [2.45, 2.75) is 37.8 Å². The summed E-state index contributed by atoms with van der Waals surface area (Å²) in [5.41, 5.74) is 3.57. The van der Waals surface area contributed by atoms with Crippen molar-refractivity contribution < 1.29 is 14.7 Å². The number of aromatic nitrogens is 2. The molecule has 0 bridgehead atoms. The number of piperazine rings is 1. The maximum absolute atomic E-state index is 13.6. The van der Waals surface area contributed by atoms with E-state index in [1.54, 1.807) is 4.90 Å². The molecule has 2 fully saturated rings. The van der Waals surface area contributed by atoms with Crippen molar-refractivity contribution in [3.05, 3.63) is 91.7 Å². The highest BCUT2D eigenvalue weighted by Gasteiger charge is 2.29. The van der Waals surface area contributed by atoms with E-state index in [0.29, 0.717) is 54.4 Å². The van der Waals surface area contributed by atoms with E-state index in [2.05, 4.69) is 59.2 Å². The molecule has 3 N–H and O–H groups in total. The monoisotopic (exact) mass is 738 g/mol. The lowest BCUT2D eigenvalue weighted by atomic mass is 10.0. The summed E-state index contributed by atoms with van der Waals surface area (Å²) in [6.45, 7) is 3.73. The van der Waals surface area contributed by atoms with Crippen LogP contribution < -0.4 is 15.9 Å². The van der Waals surface area contributed by atoms with Crippen molar-refractivity contribution in [1.29, 1.82) is 0 Å². The van der Waals surface area contributed by atoms with Crippen molar-refractivity contribution in [2.24, 2.45) is 0 Å². The van der Waals surface area contributed by atoms with Gasteiger partial charge in [-0.05, 0) is 93.1 Å². The Morgan fingerprint density at radius 1 is 0.889 bits per heavy atom. The molecule has 1 unspecified atom stereocenters. The van der Waals surface area contributed by atoms with Crippen molar-refractivity contribution in [3.63, 3.8) is 0 Å². The van der Waals surface area contributed by atoms with Gasteiger partial charge in [0.15, 0.2) is 0 Å². The van der Waals surface area contributed by atoms with Gasteiger partial charge in [-0.25, -0.2) is 9.59 Å². The summed E-state index contributed by atoms with van der Waals surface area (Å²) in [7, 11) is 0. The van der Waals surface area contributed by atoms with Gasteiger partial charge in [0, 0.05) is 63.5 Å². The number of nitrogens with zero attached hydrogens (tertiary/aromatic N) is 4. The number of aromatic hydroxyl groups is 1. The summed E-state index contributed by atoms with van der Waals surface area (Å²) < 4.78 is 2.88. The minimum absolute atomic E-state index is 0.00217. The number of carbonyl (C=O) groups excluding carboxylic acids is 2. The van der Waals surface area contributed by atoms with Gasteiger partial charge in [-0.1, -0.05) is 30.3 Å². The number of hydrogen-bond donors (Lipinski definition) is 3. The van der Waals surface area contributed by atoms with Gasteiger partial charge < -0.3 is 30.1 Å². The Hall–Kier alpha value is -3.77. The maximum atomic E-state index is 13.6. The summed E-state index contributed by atoms with van der Waals surface area (Å²) in [4.78, 5) is 48.7. The van der Waals surface area contributed by atoms with Crippen LogP contribution in [0.25, 0.3) is 11.0 Å². The molecule has 2 saturated heterocycles. The van der Waals surface area contributed by atoms with Gasteiger partial charge in [-0.3, -0.25) is 9.36 Å². The number of piperidine rings is 1. The first-order valence-corrected chi connectivity index (χ1v) is 16.8. The first-order valence-electron chi connectivity index (χ1n) is 15.3. The Bertz CT molecular complexity index is 1700. The van der Waals surface area contributed by atoms with Crippen LogP contribution in [0.1, 0.15) is 30.9 Å². The molecule has 45 heavy (non-hydrogen) atoms. The van der Waals surface area contributed by atoms with Crippen molar-refractivity contribution in [3.8, 4) is 5.75 Å². The van der Waals surface area contributed by atoms with Crippen LogP contribution in [0.2, 0.25) is 0 Å². The first kappa shape index (κ1) is 31.2. The minimum atomic E-state index is -0.450. The highest BCUT2D eigenvalue weighted by Crippen LogP contribution is 2.34. The highest BCUT2D eigenvalue weighted by molar-refractivity contribution is 9.11. The molecule has 3 heterocycles. The number of imidazole rings is 1. The maximum Gasteiger partial charge on any atom is 0.326 e. The van der Waals surface area contributed by atoms with E-state index in [9.17, 15) is 19.5 Å². The van der Waals surface area contributed by atoms with Gasteiger partial charge in [-0.2, -0.15) is 0 Å². The van der Waals surface area contributed by atoms with Gasteiger partial charge >= 0.3 is 11.7 Å². The first-order chi connectivity index (χ1) is 21.8. The van der Waals surface area contributed by atoms with Gasteiger partial charge in [0.25, 0.3) is 0 Å². The number of aromatic amines is 1. The number of anilines is 1. The fourth-order valence-electron chi connectivity index (χ4n) is 6.42. The summed E-state index contributed by atoms with van der Waals surface area (Å²) in [5.74, 6) is 0.103. The number of para-hydroxylation sites is 3. The number of nitrogens with one attached hydrogen (secondary N) is 2. The average Bonchev–Trinajstić information content (AvgIpc) is 3.39. The predicted molar refractivity (Wildman–Crippen MR) is 182 cm³/mol. The SMILES string of the molecule is O=C(CC(Cc1cc(Br)c(O)c(Br)c1)NC(=O)N1CCC(n2c(=O)[nH]c3ccccc32)CC1)N1CCN(c2ccccc2)CC1. The van der Waals surface area contributed by atoms with Crippen LogP contribution in [0.15, 0.2) is 80.5 Å². The van der Waals surface area contributed by atoms with Crippen LogP contribution in [-0.4, -0.2) is 81.7 Å². The molecule has 2 aliphatic rings. The molecule has 0 aliphatic carbocycles. The van der Waals surface area contributed by atoms with E-state index in [1.807, 2.05) is 64.1 Å². The zero-order valence-corrected chi connectivity index (χ0v) is 28.0. The lowest BCUT2D eigenvalue weighted by Gasteiger charge is -2.37. The second kappa shape index (κ2) is 13.7. The van der Waals surface area contributed by atoms with Crippen LogP contribution in [0.3, 0.4) is 0 Å². The number of phenols is 1. The number of benzene rings is 3. The Morgan fingerprint density at radius 2 is 1.53 bits per heavy atom. The Morgan fingerprint density at radius 3 is 2.22 bits per heavy atom. The molecule has 0 saturated carbocycles. The molecule has 4 aromatic rings. The molecule has 1 atom stereocenters. The second-order valence-corrected chi connectivity index (χ2v) is 13.4. The van der Waals surface area contributed by atoms with Crippen LogP contribution >= 0.6 is 31.9 Å². The minimum Gasteiger partial charge on any atom is -0.506 e. The predicted octanol–water partition coefficient (Wildman–Crippen LogP) is 5.26. The number of amides is 3. The van der Waals surface area contributed by atoms with Gasteiger partial charge in [0.2, 0.25) is 5.91 Å². The van der Waals surface area contributed by atoms with E-state index in [4.69, 9.17) is 0 Å². The fraction of sp³-hybridized carbons (Fsp3) is 0.364. The summed E-state index contributed by atoms with van der Waals surface area (Å²) in [6, 6.07) is 20.8. The molecule has 12 heteroatoms. The standard InChI is InChI=1S/C33H36Br2N6O4/c34-26-19-22(20-27(35)31(26)43)18-23(21-30(42)39-16-14-38(15-17-39)24-6-2-1-3-7-24)36-32(44)40-12-10-25(11-13-40)41-29-9-5-4-8-28(29)37-33(41)45/h1-9,19-20,23,25,43H,10-18,21H2,(H,36,44)(H,37,45). The third kappa shape index (κ3) is 7.06. The smallest absolute Gasteiger partial charge is 0.326 e. The number of phenolic OH excluding ortho intramolecular Hbond substituents is 1. The summed E-state index contributed by atoms with van der Waals surface area (Å²) in [5, 5.41) is 13.4. The Labute approximate surface area is 278 Å². The third-order valence-corrected chi connectivity index (χ3v) is 10.0. The van der Waals surface area contributed by atoms with Crippen LogP contribution in [0.4, 0.5) is 10.5 Å². The molecular weight excluding hydrogens is 704 g/mol. The zero-order valence-electron chi connectivity index (χ0n) is 24.8. The number of likely N-dealkylation sites (tertiary alicyclic amines) is 1. The quantitative estimate of drug-likeness (QED) is 0.240. The Kier molecular flexibility index (Phi) is 9.50. The number of H-pyrrole nitrogens is 1. The van der Waals surface area contributed by atoms with Crippen molar-refractivity contribution in [1.82, 2.24) is 24.7 Å². The normalized spacial score (nSPS) is 16.6. The molecule has 1 aromatic heterocycles. The number of halogens is 2. The molecule has 6 rings (SSSR count). The second-order valence-electron chi connectivity index (χ2n) is 11.7. The van der Waals surface area contributed by atoms with Crippen LogP contribution in [0, 0.1) is 0 Å². The number of fused-ring (bicyclic) bond motifs is 1. The molecule has 0 radical (unpaired) electrons. The molecule has 10 nitrogen and oxygen atoms in total. The third-order valence-electron chi connectivity index (χ3n) is 8.80. The largest absolute Gasteiger partial charge is 0.506 e. The molecular formula is C33H36Br2N6O4. The van der Waals surface area contributed by atoms with Crippen LogP contribution in [0.5, 0.6) is 5.75 Å². The molecule has 3 aromatic carbocycles. The number of hydrogen-bond acceptors (Lipinski definition) is 5. The van der Waals surface area contributed by atoms with Gasteiger partial charge in [0.1, 0.15) is 5.75 Å². The number of urea groups is 1. The highest BCUT2D eigenvalue weighted by atomic mass is 79.9. The van der Waals surface area contributed by atoms with E-state index in [0.717, 1.165) is 35.4 Å². The van der Waals surface area contributed by atoms with E-state index in [-0.39, 0.29) is 35.8 Å². The van der Waals surface area contributed by atoms with Crippen LogP contribution in [-0.2, 0) is 11.2 Å². The van der Waals surface area contributed by atoms with Crippen molar-refractivity contribution in [2.75, 3.05) is 44.2 Å². The summed E-state index contributed by atoms with van der Waals surface area (Å²) >= 11 is 6.80. The van der Waals surface area contributed by atoms with E-state index in [1.165, 1.54) is 0 Å². The van der Waals surface area contributed by atoms with Gasteiger partial charge in [-0.15, -0.1) is 0 Å². The fourth-order valence-corrected chi connectivity index (χ4v) is 7.70. The van der Waals surface area contributed by atoms with E-state index >= 15 is 0 Å².